The molecule has 2 aromatic carbocycles. The fourth-order valence-corrected chi connectivity index (χ4v) is 4.35. The fraction of sp³-hybridized carbons (Fsp3) is 0.346. The molecule has 0 aliphatic carbocycles. The number of carbonyl (C=O) groups is 2. The van der Waals surface area contributed by atoms with E-state index in [0.717, 1.165) is 42.4 Å². The van der Waals surface area contributed by atoms with Crippen molar-refractivity contribution in [2.24, 2.45) is 0 Å². The summed E-state index contributed by atoms with van der Waals surface area (Å²) in [6.45, 7) is 3.92. The summed E-state index contributed by atoms with van der Waals surface area (Å²) < 4.78 is 10.3. The van der Waals surface area contributed by atoms with Gasteiger partial charge in [0, 0.05) is 48.0 Å². The minimum Gasteiger partial charge on any atom is -0.450 e. The van der Waals surface area contributed by atoms with Gasteiger partial charge in [0.05, 0.1) is 6.61 Å². The second kappa shape index (κ2) is 11.5. The lowest BCUT2D eigenvalue weighted by Gasteiger charge is -2.36. The van der Waals surface area contributed by atoms with E-state index < -0.39 is 11.7 Å². The van der Waals surface area contributed by atoms with Crippen LogP contribution < -0.4 is 21.6 Å². The topological polar surface area (TPSA) is 113 Å². The molecule has 1 fully saturated rings. The summed E-state index contributed by atoms with van der Waals surface area (Å²) in [6, 6.07) is 16.0. The summed E-state index contributed by atoms with van der Waals surface area (Å²) in [4.78, 5) is 38.7. The average molecular weight is 479 g/mol. The maximum Gasteiger partial charge on any atom is 0.411 e. The highest BCUT2D eigenvalue weighted by Crippen LogP contribution is 2.25. The molecule has 1 aromatic heterocycles. The van der Waals surface area contributed by atoms with Crippen molar-refractivity contribution < 1.29 is 18.7 Å². The van der Waals surface area contributed by atoms with Crippen molar-refractivity contribution in [3.8, 4) is 0 Å². The van der Waals surface area contributed by atoms with E-state index in [1.807, 2.05) is 36.4 Å². The van der Waals surface area contributed by atoms with E-state index in [-0.39, 0.29) is 18.7 Å². The molecular formula is C26H30N4O5. The summed E-state index contributed by atoms with van der Waals surface area (Å²) in [5, 5.41) is 9.25. The van der Waals surface area contributed by atoms with Gasteiger partial charge in [-0.05, 0) is 56.1 Å². The minimum atomic E-state index is -0.565. The molecular weight excluding hydrogens is 448 g/mol. The summed E-state index contributed by atoms with van der Waals surface area (Å²) in [6.07, 6.45) is 2.53. The molecule has 0 saturated carbocycles. The summed E-state index contributed by atoms with van der Waals surface area (Å²) >= 11 is 0. The third-order valence-corrected chi connectivity index (χ3v) is 6.00. The molecule has 9 nitrogen and oxygen atoms in total. The van der Waals surface area contributed by atoms with Gasteiger partial charge < -0.3 is 19.8 Å². The molecule has 1 unspecified atom stereocenters. The molecule has 0 radical (unpaired) electrons. The largest absolute Gasteiger partial charge is 0.450 e. The Morgan fingerprint density at radius 3 is 2.69 bits per heavy atom. The molecule has 1 aliphatic rings. The van der Waals surface area contributed by atoms with Gasteiger partial charge in [-0.3, -0.25) is 10.2 Å². The van der Waals surface area contributed by atoms with Crippen molar-refractivity contribution in [2.45, 2.75) is 38.8 Å². The fourth-order valence-electron chi connectivity index (χ4n) is 4.35. The third-order valence-electron chi connectivity index (χ3n) is 6.00. The Balaban J connectivity index is 1.45. The van der Waals surface area contributed by atoms with Gasteiger partial charge in [0.1, 0.15) is 5.58 Å². The molecule has 1 saturated heterocycles. The molecule has 9 heteroatoms. The number of amides is 3. The van der Waals surface area contributed by atoms with E-state index in [4.69, 9.17) is 9.15 Å². The number of para-hydroxylation sites is 1. The second-order valence-corrected chi connectivity index (χ2v) is 8.47. The number of carbonyl (C=O) groups excluding carboxylic acids is 2. The van der Waals surface area contributed by atoms with Crippen LogP contribution in [0.25, 0.3) is 11.0 Å². The zero-order valence-corrected chi connectivity index (χ0v) is 19.7. The first-order chi connectivity index (χ1) is 17.0. The molecule has 1 aliphatic heterocycles. The maximum atomic E-state index is 12.4. The highest BCUT2D eigenvalue weighted by Gasteiger charge is 2.24. The minimum absolute atomic E-state index is 0.150. The van der Waals surface area contributed by atoms with Crippen LogP contribution in [0.15, 0.2) is 63.8 Å². The quantitative estimate of drug-likeness (QED) is 0.430. The number of fused-ring (bicyclic) bond motifs is 1. The Morgan fingerprint density at radius 2 is 1.89 bits per heavy atom. The third kappa shape index (κ3) is 6.60. The monoisotopic (exact) mass is 478 g/mol. The number of hydrogen-bond donors (Lipinski definition) is 3. The first kappa shape index (κ1) is 24.3. The van der Waals surface area contributed by atoms with Gasteiger partial charge in [0.2, 0.25) is 0 Å². The Kier molecular flexibility index (Phi) is 7.99. The van der Waals surface area contributed by atoms with E-state index in [1.165, 1.54) is 6.07 Å². The number of urea groups is 1. The average Bonchev–Trinajstić information content (AvgIpc) is 2.84. The molecule has 35 heavy (non-hydrogen) atoms. The van der Waals surface area contributed by atoms with E-state index in [1.54, 1.807) is 19.1 Å². The van der Waals surface area contributed by atoms with Crippen LogP contribution in [0.1, 0.15) is 31.7 Å². The van der Waals surface area contributed by atoms with E-state index >= 15 is 0 Å². The Labute approximate surface area is 203 Å². The maximum absolute atomic E-state index is 12.4. The molecule has 1 atom stereocenters. The van der Waals surface area contributed by atoms with Crippen LogP contribution in [0.3, 0.4) is 0 Å². The van der Waals surface area contributed by atoms with E-state index in [0.29, 0.717) is 24.4 Å². The number of anilines is 2. The van der Waals surface area contributed by atoms with Crippen LogP contribution in [0.4, 0.5) is 21.0 Å². The van der Waals surface area contributed by atoms with Gasteiger partial charge >= 0.3 is 17.7 Å². The van der Waals surface area contributed by atoms with Crippen LogP contribution in [0, 0.1) is 0 Å². The molecule has 0 spiro atoms. The van der Waals surface area contributed by atoms with Crippen molar-refractivity contribution in [1.82, 2.24) is 10.2 Å². The smallest absolute Gasteiger partial charge is 0.411 e. The van der Waals surface area contributed by atoms with Crippen molar-refractivity contribution in [2.75, 3.05) is 30.3 Å². The highest BCUT2D eigenvalue weighted by molar-refractivity contribution is 5.90. The van der Waals surface area contributed by atoms with Gasteiger partial charge in [0.25, 0.3) is 0 Å². The number of nitrogens with one attached hydrogen (secondary N) is 3. The van der Waals surface area contributed by atoms with Crippen LogP contribution in [0.5, 0.6) is 0 Å². The first-order valence-corrected chi connectivity index (χ1v) is 11.9. The lowest BCUT2D eigenvalue weighted by atomic mass is 10.00. The molecule has 2 heterocycles. The van der Waals surface area contributed by atoms with Crippen LogP contribution in [-0.4, -0.2) is 42.8 Å². The summed E-state index contributed by atoms with van der Waals surface area (Å²) in [5.41, 5.74) is 2.02. The highest BCUT2D eigenvalue weighted by atomic mass is 16.5. The number of ether oxygens (including phenoxy) is 1. The van der Waals surface area contributed by atoms with Crippen molar-refractivity contribution in [3.63, 3.8) is 0 Å². The van der Waals surface area contributed by atoms with Crippen molar-refractivity contribution in [3.05, 3.63) is 70.6 Å². The molecule has 3 amide bonds. The number of benzene rings is 2. The van der Waals surface area contributed by atoms with Crippen LogP contribution in [-0.2, 0) is 11.3 Å². The normalized spacial score (nSPS) is 16.0. The predicted octanol–water partition coefficient (Wildman–Crippen LogP) is 4.54. The lowest BCUT2D eigenvalue weighted by molar-refractivity contribution is 0.139. The number of piperidine rings is 1. The predicted molar refractivity (Wildman–Crippen MR) is 135 cm³/mol. The van der Waals surface area contributed by atoms with Crippen LogP contribution in [0.2, 0.25) is 0 Å². The van der Waals surface area contributed by atoms with E-state index in [9.17, 15) is 14.4 Å². The van der Waals surface area contributed by atoms with Gasteiger partial charge in [-0.15, -0.1) is 0 Å². The summed E-state index contributed by atoms with van der Waals surface area (Å²) in [5.74, 6) is 0. The molecule has 184 valence electrons. The molecule has 4 rings (SSSR count). The Hall–Kier alpha value is -3.85. The van der Waals surface area contributed by atoms with Crippen LogP contribution >= 0.6 is 0 Å². The van der Waals surface area contributed by atoms with Gasteiger partial charge in [0.15, 0.2) is 0 Å². The summed E-state index contributed by atoms with van der Waals surface area (Å²) in [7, 11) is 0. The Morgan fingerprint density at radius 1 is 1.06 bits per heavy atom. The molecule has 0 bridgehead atoms. The molecule has 3 N–H and O–H groups in total. The van der Waals surface area contributed by atoms with Gasteiger partial charge in [-0.25, -0.2) is 14.4 Å². The number of likely N-dealkylation sites (tertiary alicyclic amines) is 1. The van der Waals surface area contributed by atoms with Crippen molar-refractivity contribution in [1.29, 1.82) is 0 Å². The van der Waals surface area contributed by atoms with Crippen molar-refractivity contribution >= 4 is 34.5 Å². The Bertz CT molecular complexity index is 1230. The number of nitrogens with zero attached hydrogens (tertiary/aromatic N) is 1. The van der Waals surface area contributed by atoms with Gasteiger partial charge in [-0.1, -0.05) is 24.6 Å². The van der Waals surface area contributed by atoms with E-state index in [2.05, 4.69) is 20.9 Å². The molecule has 3 aromatic rings. The zero-order chi connectivity index (χ0) is 24.6. The SMILES string of the molecule is CCOC(=O)Nc1ccc2c(CN3CCCCC3CNC(=O)Nc3ccccc3)cc(=O)oc2c1. The standard InChI is InChI=1S/C26H30N4O5/c1-2-34-26(33)29-20-11-12-22-18(14-24(31)35-23(22)15-20)17-30-13-7-6-10-21(30)16-27-25(32)28-19-8-4-3-5-9-19/h3-5,8-9,11-12,14-15,21H,2,6-7,10,13,16-17H2,1H3,(H,29,33)(H2,27,28,32). The zero-order valence-electron chi connectivity index (χ0n) is 19.7. The first-order valence-electron chi connectivity index (χ1n) is 11.9. The number of hydrogen-bond acceptors (Lipinski definition) is 6. The lowest BCUT2D eigenvalue weighted by Crippen LogP contribution is -2.47. The number of rotatable bonds is 7. The van der Waals surface area contributed by atoms with Gasteiger partial charge in [-0.2, -0.15) is 0 Å². The second-order valence-electron chi connectivity index (χ2n) is 8.47.